The summed E-state index contributed by atoms with van der Waals surface area (Å²) in [7, 11) is 0. The molecule has 0 spiro atoms. The molecule has 0 amide bonds. The molecule has 2 aromatic heterocycles. The second-order valence-electron chi connectivity index (χ2n) is 5.15. The maximum absolute atomic E-state index is 11.9. The molecule has 108 valence electrons. The van der Waals surface area contributed by atoms with Crippen molar-refractivity contribution in [2.45, 2.75) is 13.5 Å². The van der Waals surface area contributed by atoms with Crippen LogP contribution in [0.2, 0.25) is 0 Å². The Hall–Kier alpha value is -2.88. The van der Waals surface area contributed by atoms with E-state index in [1.807, 2.05) is 55.5 Å². The maximum Gasteiger partial charge on any atom is 0.251 e. The van der Waals surface area contributed by atoms with E-state index in [1.54, 1.807) is 10.6 Å². The Balaban J connectivity index is 2.05. The highest BCUT2D eigenvalue weighted by molar-refractivity contribution is 6.02. The van der Waals surface area contributed by atoms with Gasteiger partial charge in [-0.05, 0) is 37.3 Å². The molecule has 4 aromatic rings. The summed E-state index contributed by atoms with van der Waals surface area (Å²) < 4.78 is 7.72. The SMILES string of the molecule is CCn1c(=O)ccc2c3oc(-c4ccccc4)nc3ccc21. The molecule has 0 bridgehead atoms. The van der Waals surface area contributed by atoms with Gasteiger partial charge < -0.3 is 8.98 Å². The van der Waals surface area contributed by atoms with Crippen molar-refractivity contribution in [1.82, 2.24) is 9.55 Å². The molecule has 2 heterocycles. The van der Waals surface area contributed by atoms with E-state index < -0.39 is 0 Å². The van der Waals surface area contributed by atoms with E-state index in [0.717, 1.165) is 27.6 Å². The van der Waals surface area contributed by atoms with Gasteiger partial charge in [0.25, 0.3) is 5.56 Å². The van der Waals surface area contributed by atoms with E-state index >= 15 is 0 Å². The van der Waals surface area contributed by atoms with Gasteiger partial charge in [0.05, 0.1) is 5.52 Å². The van der Waals surface area contributed by atoms with Crippen LogP contribution in [-0.2, 0) is 6.54 Å². The monoisotopic (exact) mass is 290 g/mol. The van der Waals surface area contributed by atoms with Crippen molar-refractivity contribution in [3.8, 4) is 11.5 Å². The van der Waals surface area contributed by atoms with Crippen molar-refractivity contribution in [2.24, 2.45) is 0 Å². The van der Waals surface area contributed by atoms with Crippen molar-refractivity contribution >= 4 is 22.0 Å². The van der Waals surface area contributed by atoms with E-state index in [2.05, 4.69) is 4.98 Å². The number of fused-ring (bicyclic) bond motifs is 3. The van der Waals surface area contributed by atoms with Crippen LogP contribution >= 0.6 is 0 Å². The maximum atomic E-state index is 11.9. The molecule has 22 heavy (non-hydrogen) atoms. The molecule has 4 heteroatoms. The number of aryl methyl sites for hydroxylation is 1. The minimum atomic E-state index is -0.00264. The van der Waals surface area contributed by atoms with Gasteiger partial charge in [-0.2, -0.15) is 0 Å². The van der Waals surface area contributed by atoms with Crippen LogP contribution in [0, 0.1) is 0 Å². The molecule has 4 rings (SSSR count). The summed E-state index contributed by atoms with van der Waals surface area (Å²) in [6.07, 6.45) is 0. The molecule has 0 saturated carbocycles. The number of nitrogens with zero attached hydrogens (tertiary/aromatic N) is 2. The number of benzene rings is 2. The van der Waals surface area contributed by atoms with Crippen LogP contribution < -0.4 is 5.56 Å². The van der Waals surface area contributed by atoms with Crippen LogP contribution in [-0.4, -0.2) is 9.55 Å². The number of rotatable bonds is 2. The van der Waals surface area contributed by atoms with E-state index in [9.17, 15) is 4.79 Å². The lowest BCUT2D eigenvalue weighted by atomic mass is 10.2. The van der Waals surface area contributed by atoms with Gasteiger partial charge in [0.1, 0.15) is 5.52 Å². The number of aromatic nitrogens is 2. The van der Waals surface area contributed by atoms with Crippen molar-refractivity contribution in [2.75, 3.05) is 0 Å². The van der Waals surface area contributed by atoms with E-state index in [1.165, 1.54) is 0 Å². The number of pyridine rings is 1. The van der Waals surface area contributed by atoms with E-state index in [-0.39, 0.29) is 5.56 Å². The molecular formula is C18H14N2O2. The summed E-state index contributed by atoms with van der Waals surface area (Å²) >= 11 is 0. The Morgan fingerprint density at radius 2 is 1.86 bits per heavy atom. The standard InChI is InChI=1S/C18H14N2O2/c1-2-20-15-10-9-14-17(13(15)8-11-16(20)21)22-18(19-14)12-6-4-3-5-7-12/h3-11H,2H2,1H3. The first-order chi connectivity index (χ1) is 10.8. The first-order valence-corrected chi connectivity index (χ1v) is 7.26. The van der Waals surface area contributed by atoms with Gasteiger partial charge in [-0.25, -0.2) is 4.98 Å². The Morgan fingerprint density at radius 3 is 2.64 bits per heavy atom. The van der Waals surface area contributed by atoms with Gasteiger partial charge in [0.15, 0.2) is 5.58 Å². The van der Waals surface area contributed by atoms with Gasteiger partial charge in [0, 0.05) is 23.6 Å². The smallest absolute Gasteiger partial charge is 0.251 e. The fourth-order valence-electron chi connectivity index (χ4n) is 2.79. The van der Waals surface area contributed by atoms with Crippen LogP contribution in [0.3, 0.4) is 0 Å². The lowest BCUT2D eigenvalue weighted by Crippen LogP contribution is -2.17. The zero-order valence-corrected chi connectivity index (χ0v) is 12.1. The summed E-state index contributed by atoms with van der Waals surface area (Å²) in [6, 6.07) is 17.0. The van der Waals surface area contributed by atoms with Gasteiger partial charge >= 0.3 is 0 Å². The predicted octanol–water partition coefficient (Wildman–Crippen LogP) is 3.83. The highest BCUT2D eigenvalue weighted by Crippen LogP contribution is 2.29. The number of oxazole rings is 1. The van der Waals surface area contributed by atoms with Crippen LogP contribution in [0.25, 0.3) is 33.5 Å². The van der Waals surface area contributed by atoms with Crippen molar-refractivity contribution in [1.29, 1.82) is 0 Å². The second kappa shape index (κ2) is 4.84. The largest absolute Gasteiger partial charge is 0.435 e. The van der Waals surface area contributed by atoms with Crippen LogP contribution in [0.5, 0.6) is 0 Å². The lowest BCUT2D eigenvalue weighted by molar-refractivity contribution is 0.622. The molecule has 2 aromatic carbocycles. The summed E-state index contributed by atoms with van der Waals surface area (Å²) in [6.45, 7) is 2.59. The Labute approximate surface area is 126 Å². The third kappa shape index (κ3) is 1.84. The third-order valence-corrected chi connectivity index (χ3v) is 3.86. The molecule has 0 saturated heterocycles. The summed E-state index contributed by atoms with van der Waals surface area (Å²) in [5.74, 6) is 0.595. The fourth-order valence-corrected chi connectivity index (χ4v) is 2.79. The predicted molar refractivity (Wildman–Crippen MR) is 86.9 cm³/mol. The van der Waals surface area contributed by atoms with Gasteiger partial charge in [0.2, 0.25) is 5.89 Å². The molecule has 0 aliphatic heterocycles. The summed E-state index contributed by atoms with van der Waals surface area (Å²) in [4.78, 5) is 16.5. The molecule has 0 N–H and O–H groups in total. The van der Waals surface area contributed by atoms with Gasteiger partial charge in [-0.1, -0.05) is 18.2 Å². The molecule has 0 unspecified atom stereocenters. The first kappa shape index (κ1) is 12.8. The Morgan fingerprint density at radius 1 is 1.05 bits per heavy atom. The van der Waals surface area contributed by atoms with Gasteiger partial charge in [-0.3, -0.25) is 4.79 Å². The number of hydrogen-bond donors (Lipinski definition) is 0. The lowest BCUT2D eigenvalue weighted by Gasteiger charge is -2.06. The molecule has 0 aliphatic rings. The molecular weight excluding hydrogens is 276 g/mol. The average molecular weight is 290 g/mol. The Bertz CT molecular complexity index is 1030. The zero-order chi connectivity index (χ0) is 15.1. The van der Waals surface area contributed by atoms with Crippen LogP contribution in [0.15, 0.2) is 63.8 Å². The third-order valence-electron chi connectivity index (χ3n) is 3.86. The van der Waals surface area contributed by atoms with Crippen molar-refractivity contribution in [3.05, 3.63) is 65.0 Å². The fraction of sp³-hybridized carbons (Fsp3) is 0.111. The highest BCUT2D eigenvalue weighted by atomic mass is 16.3. The van der Waals surface area contributed by atoms with Crippen molar-refractivity contribution in [3.63, 3.8) is 0 Å². The minimum absolute atomic E-state index is 0.00264. The second-order valence-corrected chi connectivity index (χ2v) is 5.15. The summed E-state index contributed by atoms with van der Waals surface area (Å²) in [5, 5.41) is 0.911. The van der Waals surface area contributed by atoms with Crippen LogP contribution in [0.1, 0.15) is 6.92 Å². The highest BCUT2D eigenvalue weighted by Gasteiger charge is 2.12. The molecule has 4 nitrogen and oxygen atoms in total. The molecule has 0 fully saturated rings. The summed E-state index contributed by atoms with van der Waals surface area (Å²) in [5.41, 5.74) is 3.33. The molecule has 0 radical (unpaired) electrons. The molecule has 0 aliphatic carbocycles. The van der Waals surface area contributed by atoms with Crippen LogP contribution in [0.4, 0.5) is 0 Å². The zero-order valence-electron chi connectivity index (χ0n) is 12.1. The van der Waals surface area contributed by atoms with Gasteiger partial charge in [-0.15, -0.1) is 0 Å². The minimum Gasteiger partial charge on any atom is -0.435 e. The average Bonchev–Trinajstić information content (AvgIpc) is 3.00. The van der Waals surface area contributed by atoms with E-state index in [4.69, 9.17) is 4.42 Å². The first-order valence-electron chi connectivity index (χ1n) is 7.26. The Kier molecular flexibility index (Phi) is 2.82. The topological polar surface area (TPSA) is 48.0 Å². The van der Waals surface area contributed by atoms with Crippen molar-refractivity contribution < 1.29 is 4.42 Å². The number of hydrogen-bond acceptors (Lipinski definition) is 3. The van der Waals surface area contributed by atoms with E-state index in [0.29, 0.717) is 12.4 Å². The molecule has 0 atom stereocenters. The quantitative estimate of drug-likeness (QED) is 0.563. The normalized spacial score (nSPS) is 11.3.